The fraction of sp³-hybridized carbons (Fsp3) is 0.167. The minimum atomic E-state index is 0.0305. The van der Waals surface area contributed by atoms with Crippen molar-refractivity contribution in [1.29, 1.82) is 0 Å². The predicted molar refractivity (Wildman–Crippen MR) is 64.7 cm³/mol. The van der Waals surface area contributed by atoms with Crippen LogP contribution in [0.3, 0.4) is 0 Å². The zero-order chi connectivity index (χ0) is 9.97. The maximum Gasteiger partial charge on any atom is 0.0384 e. The molecule has 0 radical (unpaired) electrons. The van der Waals surface area contributed by atoms with E-state index in [2.05, 4.69) is 43.0 Å². The minimum absolute atomic E-state index is 0.0305. The molecule has 1 atom stereocenters. The highest BCUT2D eigenvalue weighted by Gasteiger charge is 2.03. The van der Waals surface area contributed by atoms with E-state index < -0.39 is 0 Å². The second-order valence-electron chi connectivity index (χ2n) is 3.40. The first-order valence-electron chi connectivity index (χ1n) is 4.66. The van der Waals surface area contributed by atoms with Gasteiger partial charge < -0.3 is 5.73 Å². The number of fused-ring (bicyclic) bond motifs is 1. The standard InChI is InChI=1S/C12H13NS/c13-12(8-14)11-6-5-9-3-1-2-4-10(9)7-11/h1-7,12,14H,8,13H2. The molecule has 1 nitrogen and oxygen atoms in total. The summed E-state index contributed by atoms with van der Waals surface area (Å²) in [6.45, 7) is 0. The normalized spacial score (nSPS) is 13.0. The first-order valence-corrected chi connectivity index (χ1v) is 5.29. The van der Waals surface area contributed by atoms with Gasteiger partial charge in [-0.1, -0.05) is 36.4 Å². The van der Waals surface area contributed by atoms with Crippen molar-refractivity contribution in [1.82, 2.24) is 0 Å². The molecule has 2 N–H and O–H groups in total. The Hall–Kier alpha value is -0.990. The van der Waals surface area contributed by atoms with Crippen LogP contribution in [0, 0.1) is 0 Å². The van der Waals surface area contributed by atoms with Gasteiger partial charge in [0.2, 0.25) is 0 Å². The average molecular weight is 203 g/mol. The van der Waals surface area contributed by atoms with Gasteiger partial charge >= 0.3 is 0 Å². The third kappa shape index (κ3) is 1.76. The molecule has 1 unspecified atom stereocenters. The summed E-state index contributed by atoms with van der Waals surface area (Å²) < 4.78 is 0. The van der Waals surface area contributed by atoms with Crippen LogP contribution in [0.25, 0.3) is 10.8 Å². The lowest BCUT2D eigenvalue weighted by Crippen LogP contribution is -2.11. The first-order chi connectivity index (χ1) is 6.81. The van der Waals surface area contributed by atoms with Crippen molar-refractivity contribution in [3.8, 4) is 0 Å². The molecule has 0 amide bonds. The number of nitrogens with two attached hydrogens (primary N) is 1. The molecule has 14 heavy (non-hydrogen) atoms. The van der Waals surface area contributed by atoms with Crippen LogP contribution in [-0.2, 0) is 0 Å². The largest absolute Gasteiger partial charge is 0.323 e. The second kappa shape index (κ2) is 4.03. The number of hydrogen-bond acceptors (Lipinski definition) is 2. The lowest BCUT2D eigenvalue weighted by atomic mass is 10.0. The predicted octanol–water partition coefficient (Wildman–Crippen LogP) is 2.77. The highest BCUT2D eigenvalue weighted by atomic mass is 32.1. The van der Waals surface area contributed by atoms with Gasteiger partial charge in [0.15, 0.2) is 0 Å². The van der Waals surface area contributed by atoms with E-state index in [1.54, 1.807) is 0 Å². The Kier molecular flexibility index (Phi) is 2.75. The summed E-state index contributed by atoms with van der Waals surface area (Å²) in [7, 11) is 0. The average Bonchev–Trinajstić information content (AvgIpc) is 2.27. The van der Waals surface area contributed by atoms with Crippen LogP contribution in [0.5, 0.6) is 0 Å². The Morgan fingerprint density at radius 2 is 1.79 bits per heavy atom. The monoisotopic (exact) mass is 203 g/mol. The summed E-state index contributed by atoms with van der Waals surface area (Å²) >= 11 is 4.20. The van der Waals surface area contributed by atoms with Gasteiger partial charge in [-0.25, -0.2) is 0 Å². The van der Waals surface area contributed by atoms with Crippen LogP contribution in [0.2, 0.25) is 0 Å². The molecule has 0 bridgehead atoms. The topological polar surface area (TPSA) is 26.0 Å². The Bertz CT molecular complexity index is 439. The van der Waals surface area contributed by atoms with Gasteiger partial charge in [0, 0.05) is 11.8 Å². The summed E-state index contributed by atoms with van der Waals surface area (Å²) in [5.74, 6) is 0.679. The van der Waals surface area contributed by atoms with Gasteiger partial charge in [-0.15, -0.1) is 0 Å². The van der Waals surface area contributed by atoms with Gasteiger partial charge in [0.1, 0.15) is 0 Å². The zero-order valence-corrected chi connectivity index (χ0v) is 8.74. The molecule has 0 aliphatic heterocycles. The van der Waals surface area contributed by atoms with Crippen LogP contribution < -0.4 is 5.73 Å². The number of benzene rings is 2. The molecule has 0 heterocycles. The fourth-order valence-electron chi connectivity index (χ4n) is 1.54. The Morgan fingerprint density at radius 3 is 2.50 bits per heavy atom. The highest BCUT2D eigenvalue weighted by Crippen LogP contribution is 2.19. The molecule has 0 aliphatic carbocycles. The van der Waals surface area contributed by atoms with Crippen molar-refractivity contribution in [2.75, 3.05) is 5.75 Å². The van der Waals surface area contributed by atoms with E-state index in [1.807, 2.05) is 12.1 Å². The van der Waals surface area contributed by atoms with Gasteiger partial charge in [0.05, 0.1) is 0 Å². The molecule has 72 valence electrons. The van der Waals surface area contributed by atoms with Crippen LogP contribution in [-0.4, -0.2) is 5.75 Å². The Morgan fingerprint density at radius 1 is 1.07 bits per heavy atom. The molecule has 0 fully saturated rings. The SMILES string of the molecule is NC(CS)c1ccc2ccccc2c1. The molecule has 2 heteroatoms. The summed E-state index contributed by atoms with van der Waals surface area (Å²) in [6, 6.07) is 14.6. The molecule has 2 aromatic rings. The summed E-state index contributed by atoms with van der Waals surface area (Å²) in [6.07, 6.45) is 0. The number of thiol groups is 1. The van der Waals surface area contributed by atoms with Crippen molar-refractivity contribution >= 4 is 23.4 Å². The second-order valence-corrected chi connectivity index (χ2v) is 3.76. The lowest BCUT2D eigenvalue weighted by Gasteiger charge is -2.09. The van der Waals surface area contributed by atoms with E-state index in [9.17, 15) is 0 Å². The van der Waals surface area contributed by atoms with Crippen molar-refractivity contribution in [3.05, 3.63) is 48.0 Å². The van der Waals surface area contributed by atoms with E-state index in [1.165, 1.54) is 10.8 Å². The Balaban J connectivity index is 2.51. The maximum atomic E-state index is 5.91. The van der Waals surface area contributed by atoms with E-state index >= 15 is 0 Å². The van der Waals surface area contributed by atoms with Crippen LogP contribution >= 0.6 is 12.6 Å². The smallest absolute Gasteiger partial charge is 0.0384 e. The van der Waals surface area contributed by atoms with Crippen molar-refractivity contribution in [2.45, 2.75) is 6.04 Å². The molecule has 0 aliphatic rings. The van der Waals surface area contributed by atoms with E-state index in [-0.39, 0.29) is 6.04 Å². The van der Waals surface area contributed by atoms with Gasteiger partial charge in [-0.05, 0) is 22.4 Å². The van der Waals surface area contributed by atoms with Gasteiger partial charge in [0.25, 0.3) is 0 Å². The van der Waals surface area contributed by atoms with Crippen LogP contribution in [0.4, 0.5) is 0 Å². The Labute approximate surface area is 89.3 Å². The van der Waals surface area contributed by atoms with Crippen LogP contribution in [0.1, 0.15) is 11.6 Å². The molecular weight excluding hydrogens is 190 g/mol. The lowest BCUT2D eigenvalue weighted by molar-refractivity contribution is 0.836. The summed E-state index contributed by atoms with van der Waals surface area (Å²) in [5.41, 5.74) is 7.06. The molecule has 0 saturated carbocycles. The molecule has 0 spiro atoms. The zero-order valence-electron chi connectivity index (χ0n) is 7.85. The molecule has 2 aromatic carbocycles. The summed E-state index contributed by atoms with van der Waals surface area (Å²) in [5, 5.41) is 2.49. The third-order valence-corrected chi connectivity index (χ3v) is 2.79. The van der Waals surface area contributed by atoms with E-state index in [4.69, 9.17) is 5.73 Å². The van der Waals surface area contributed by atoms with Crippen molar-refractivity contribution < 1.29 is 0 Å². The summed E-state index contributed by atoms with van der Waals surface area (Å²) in [4.78, 5) is 0. The molecular formula is C12H13NS. The van der Waals surface area contributed by atoms with Gasteiger partial charge in [-0.2, -0.15) is 12.6 Å². The molecule has 0 aromatic heterocycles. The third-order valence-electron chi connectivity index (χ3n) is 2.40. The van der Waals surface area contributed by atoms with Crippen LogP contribution in [0.15, 0.2) is 42.5 Å². The van der Waals surface area contributed by atoms with Gasteiger partial charge in [-0.3, -0.25) is 0 Å². The number of rotatable bonds is 2. The fourth-order valence-corrected chi connectivity index (χ4v) is 1.75. The number of hydrogen-bond donors (Lipinski definition) is 2. The molecule has 0 saturated heterocycles. The van der Waals surface area contributed by atoms with Crippen molar-refractivity contribution in [3.63, 3.8) is 0 Å². The maximum absolute atomic E-state index is 5.91. The van der Waals surface area contributed by atoms with E-state index in [0.717, 1.165) is 5.56 Å². The first kappa shape index (κ1) is 9.56. The van der Waals surface area contributed by atoms with E-state index in [0.29, 0.717) is 5.75 Å². The molecule has 2 rings (SSSR count). The quantitative estimate of drug-likeness (QED) is 0.721. The highest BCUT2D eigenvalue weighted by molar-refractivity contribution is 7.80. The minimum Gasteiger partial charge on any atom is -0.323 e. The van der Waals surface area contributed by atoms with Crippen molar-refractivity contribution in [2.24, 2.45) is 5.73 Å².